The molecular formula is C29H34N4O5S. The number of hydrogen-bond donors (Lipinski definition) is 1. The quantitative estimate of drug-likeness (QED) is 0.419. The topological polar surface area (TPSA) is 92.7 Å². The molecule has 2 heterocycles. The van der Waals surface area contributed by atoms with Crippen molar-refractivity contribution in [3.8, 4) is 11.5 Å². The minimum atomic E-state index is -0.609. The highest BCUT2D eigenvalue weighted by atomic mass is 32.2. The summed E-state index contributed by atoms with van der Waals surface area (Å²) in [4.78, 5) is 35.4. The molecule has 2 aliphatic heterocycles. The van der Waals surface area contributed by atoms with Gasteiger partial charge in [-0.15, -0.1) is 0 Å². The zero-order valence-electron chi connectivity index (χ0n) is 22.9. The Balaban J connectivity index is 1.82. The van der Waals surface area contributed by atoms with Crippen molar-refractivity contribution >= 4 is 34.5 Å². The molecule has 0 fully saturated rings. The lowest BCUT2D eigenvalue weighted by molar-refractivity contribution is -0.139. The zero-order chi connectivity index (χ0) is 27.9. The van der Waals surface area contributed by atoms with Gasteiger partial charge in [-0.05, 0) is 44.1 Å². The van der Waals surface area contributed by atoms with Crippen LogP contribution in [0, 0.1) is 0 Å². The summed E-state index contributed by atoms with van der Waals surface area (Å²) in [6.45, 7) is 3.27. The molecule has 0 spiro atoms. The van der Waals surface area contributed by atoms with Crippen LogP contribution < -0.4 is 14.8 Å². The molecule has 0 bridgehead atoms. The first-order valence-corrected chi connectivity index (χ1v) is 13.6. The van der Waals surface area contributed by atoms with E-state index >= 15 is 0 Å². The van der Waals surface area contributed by atoms with Crippen LogP contribution in [0.5, 0.6) is 11.5 Å². The number of rotatable bonds is 11. The van der Waals surface area contributed by atoms with Crippen LogP contribution >= 0.6 is 11.8 Å². The maximum atomic E-state index is 13.6. The van der Waals surface area contributed by atoms with Crippen LogP contribution in [0.2, 0.25) is 0 Å². The Bertz CT molecular complexity index is 1310. The molecule has 0 aromatic heterocycles. The van der Waals surface area contributed by atoms with Gasteiger partial charge in [0.2, 0.25) is 5.91 Å². The normalized spacial score (nSPS) is 16.5. The van der Waals surface area contributed by atoms with Crippen LogP contribution in [0.4, 0.5) is 0 Å². The fourth-order valence-electron chi connectivity index (χ4n) is 4.47. The van der Waals surface area contributed by atoms with Gasteiger partial charge in [0.25, 0.3) is 0 Å². The Morgan fingerprint density at radius 3 is 2.49 bits per heavy atom. The molecular weight excluding hydrogens is 516 g/mol. The van der Waals surface area contributed by atoms with E-state index in [0.29, 0.717) is 34.5 Å². The Labute approximate surface area is 233 Å². The largest absolute Gasteiger partial charge is 0.493 e. The SMILES string of the molecule is CCOC(=O)C1=C(c2ccccc2)N=C2SC=C(CC(=O)NCCN(C)C)N2C1c1ccc(OC)c(OC)c1. The van der Waals surface area contributed by atoms with Crippen molar-refractivity contribution < 1.29 is 23.8 Å². The number of thioether (sulfide) groups is 1. The minimum Gasteiger partial charge on any atom is -0.493 e. The number of nitrogens with one attached hydrogen (secondary N) is 1. The van der Waals surface area contributed by atoms with E-state index in [1.807, 2.05) is 77.8 Å². The average Bonchev–Trinajstić information content (AvgIpc) is 3.34. The fraction of sp³-hybridized carbons (Fsp3) is 0.345. The number of nitrogens with zero attached hydrogens (tertiary/aromatic N) is 3. The summed E-state index contributed by atoms with van der Waals surface area (Å²) in [5.41, 5.74) is 3.25. The Morgan fingerprint density at radius 2 is 1.82 bits per heavy atom. The van der Waals surface area contributed by atoms with Crippen LogP contribution in [-0.4, -0.2) is 74.9 Å². The van der Waals surface area contributed by atoms with Gasteiger partial charge in [-0.1, -0.05) is 48.2 Å². The lowest BCUT2D eigenvalue weighted by Gasteiger charge is -2.37. The van der Waals surface area contributed by atoms with Crippen molar-refractivity contribution in [2.45, 2.75) is 19.4 Å². The van der Waals surface area contributed by atoms with E-state index in [-0.39, 0.29) is 18.9 Å². The van der Waals surface area contributed by atoms with E-state index < -0.39 is 12.0 Å². The predicted octanol–water partition coefficient (Wildman–Crippen LogP) is 4.05. The van der Waals surface area contributed by atoms with Crippen molar-refractivity contribution in [3.63, 3.8) is 0 Å². The first-order chi connectivity index (χ1) is 18.9. The number of methoxy groups -OCH3 is 2. The lowest BCUT2D eigenvalue weighted by Crippen LogP contribution is -2.38. The number of likely N-dealkylation sites (N-methyl/N-ethyl adjacent to an activating group) is 1. The number of fused-ring (bicyclic) bond motifs is 1. The summed E-state index contributed by atoms with van der Waals surface area (Å²) in [6, 6.07) is 14.5. The van der Waals surface area contributed by atoms with Crippen molar-refractivity contribution in [3.05, 3.63) is 76.3 Å². The molecule has 2 aliphatic rings. The number of esters is 1. The Kier molecular flexibility index (Phi) is 9.32. The number of carbonyl (C=O) groups excluding carboxylic acids is 2. The molecule has 0 saturated carbocycles. The summed E-state index contributed by atoms with van der Waals surface area (Å²) in [6.07, 6.45) is 0.139. The van der Waals surface area contributed by atoms with E-state index in [2.05, 4.69) is 5.32 Å². The van der Waals surface area contributed by atoms with E-state index in [9.17, 15) is 9.59 Å². The summed E-state index contributed by atoms with van der Waals surface area (Å²) < 4.78 is 16.6. The van der Waals surface area contributed by atoms with Gasteiger partial charge in [-0.3, -0.25) is 4.79 Å². The monoisotopic (exact) mass is 550 g/mol. The molecule has 1 unspecified atom stereocenters. The van der Waals surface area contributed by atoms with Crippen LogP contribution in [0.3, 0.4) is 0 Å². The second-order valence-electron chi connectivity index (χ2n) is 9.19. The van der Waals surface area contributed by atoms with E-state index in [0.717, 1.165) is 23.4 Å². The van der Waals surface area contributed by atoms with Gasteiger partial charge in [0.15, 0.2) is 16.7 Å². The van der Waals surface area contributed by atoms with Gasteiger partial charge in [0.05, 0.1) is 44.6 Å². The molecule has 4 rings (SSSR count). The lowest BCUT2D eigenvalue weighted by atomic mass is 9.91. The van der Waals surface area contributed by atoms with Crippen molar-refractivity contribution in [2.24, 2.45) is 4.99 Å². The second kappa shape index (κ2) is 12.9. The van der Waals surface area contributed by atoms with Crippen molar-refractivity contribution in [2.75, 3.05) is 48.0 Å². The summed E-state index contributed by atoms with van der Waals surface area (Å²) in [7, 11) is 7.06. The van der Waals surface area contributed by atoms with E-state index in [1.165, 1.54) is 11.8 Å². The van der Waals surface area contributed by atoms with E-state index in [1.54, 1.807) is 21.1 Å². The van der Waals surface area contributed by atoms with Crippen molar-refractivity contribution in [1.29, 1.82) is 0 Å². The molecule has 0 aliphatic carbocycles. The number of amides is 1. The Hall–Kier alpha value is -3.76. The fourth-order valence-corrected chi connectivity index (χ4v) is 5.39. The highest BCUT2D eigenvalue weighted by Crippen LogP contribution is 2.48. The number of ether oxygens (including phenoxy) is 3. The third-order valence-corrected chi connectivity index (χ3v) is 7.19. The summed E-state index contributed by atoms with van der Waals surface area (Å²) in [5, 5.41) is 5.58. The van der Waals surface area contributed by atoms with Gasteiger partial charge in [0, 0.05) is 24.4 Å². The zero-order valence-corrected chi connectivity index (χ0v) is 23.7. The molecule has 0 radical (unpaired) electrons. The molecule has 2 aromatic rings. The van der Waals surface area contributed by atoms with Crippen LogP contribution in [0.1, 0.15) is 30.5 Å². The number of carbonyl (C=O) groups is 2. The molecule has 1 N–H and O–H groups in total. The predicted molar refractivity (Wildman–Crippen MR) is 153 cm³/mol. The first kappa shape index (κ1) is 28.3. The molecule has 0 saturated heterocycles. The van der Waals surface area contributed by atoms with Gasteiger partial charge in [-0.25, -0.2) is 9.79 Å². The maximum absolute atomic E-state index is 13.6. The molecule has 2 aromatic carbocycles. The molecule has 39 heavy (non-hydrogen) atoms. The van der Waals surface area contributed by atoms with Crippen LogP contribution in [0.15, 0.2) is 70.2 Å². The minimum absolute atomic E-state index is 0.105. The maximum Gasteiger partial charge on any atom is 0.338 e. The Morgan fingerprint density at radius 1 is 1.08 bits per heavy atom. The van der Waals surface area contributed by atoms with Gasteiger partial charge < -0.3 is 29.3 Å². The van der Waals surface area contributed by atoms with Gasteiger partial charge in [-0.2, -0.15) is 0 Å². The number of hydrogen-bond acceptors (Lipinski definition) is 9. The summed E-state index contributed by atoms with van der Waals surface area (Å²) >= 11 is 1.43. The number of benzene rings is 2. The van der Waals surface area contributed by atoms with E-state index in [4.69, 9.17) is 19.2 Å². The highest BCUT2D eigenvalue weighted by molar-refractivity contribution is 8.16. The van der Waals surface area contributed by atoms with Gasteiger partial charge >= 0.3 is 5.97 Å². The highest BCUT2D eigenvalue weighted by Gasteiger charge is 2.42. The van der Waals surface area contributed by atoms with Gasteiger partial charge in [0.1, 0.15) is 0 Å². The molecule has 1 atom stereocenters. The van der Waals surface area contributed by atoms with Crippen LogP contribution in [-0.2, 0) is 14.3 Å². The molecule has 10 heteroatoms. The third kappa shape index (κ3) is 6.29. The first-order valence-electron chi connectivity index (χ1n) is 12.7. The standard InChI is InChI=1S/C29H34N4O5S/c1-6-38-28(35)25-26(19-10-8-7-9-11-19)31-29-33(21(18-39-29)17-24(34)30-14-15-32(2)3)27(25)20-12-13-22(36-4)23(16-20)37-5/h7-13,16,18,27H,6,14-15,17H2,1-5H3,(H,30,34). The molecule has 9 nitrogen and oxygen atoms in total. The number of aliphatic imine (C=N–C) groups is 1. The third-order valence-electron chi connectivity index (χ3n) is 6.30. The average molecular weight is 551 g/mol. The molecule has 206 valence electrons. The van der Waals surface area contributed by atoms with Crippen molar-refractivity contribution in [1.82, 2.24) is 15.1 Å². The number of amidine groups is 1. The molecule has 1 amide bonds. The van der Waals surface area contributed by atoms with Crippen LogP contribution in [0.25, 0.3) is 5.70 Å². The second-order valence-corrected chi connectivity index (χ2v) is 10.0. The summed E-state index contributed by atoms with van der Waals surface area (Å²) in [5.74, 6) is 0.530. The smallest absolute Gasteiger partial charge is 0.338 e.